The van der Waals surface area contributed by atoms with E-state index in [4.69, 9.17) is 27.9 Å². The van der Waals surface area contributed by atoms with Crippen LogP contribution in [0.3, 0.4) is 0 Å². The summed E-state index contributed by atoms with van der Waals surface area (Å²) in [4.78, 5) is 4.96. The Morgan fingerprint density at radius 2 is 1.70 bits per heavy atom. The fourth-order valence-corrected chi connectivity index (χ4v) is 4.48. The van der Waals surface area contributed by atoms with Crippen molar-refractivity contribution in [3.63, 3.8) is 0 Å². The van der Waals surface area contributed by atoms with Gasteiger partial charge < -0.3 is 9.64 Å². The van der Waals surface area contributed by atoms with Gasteiger partial charge in [-0.2, -0.15) is 0 Å². The minimum Gasteiger partial charge on any atom is -0.497 e. The lowest BCUT2D eigenvalue weighted by Crippen LogP contribution is -2.47. The molecular weight excluding hydrogens is 447 g/mol. The third kappa shape index (κ3) is 4.92. The van der Waals surface area contributed by atoms with E-state index in [2.05, 4.69) is 34.1 Å². The van der Waals surface area contributed by atoms with Gasteiger partial charge in [0.25, 0.3) is 0 Å². The summed E-state index contributed by atoms with van der Waals surface area (Å²) in [6.45, 7) is 5.40. The van der Waals surface area contributed by atoms with E-state index in [1.54, 1.807) is 7.11 Å². The van der Waals surface area contributed by atoms with E-state index in [9.17, 15) is 0 Å². The Hall–Kier alpha value is -0.940. The zero-order chi connectivity index (χ0) is 18.1. The first-order chi connectivity index (χ1) is 12.6. The van der Waals surface area contributed by atoms with Crippen molar-refractivity contribution >= 4 is 45.9 Å². The quantitative estimate of drug-likeness (QED) is 0.572. The average molecular weight is 472 g/mol. The molecule has 0 radical (unpaired) electrons. The number of anilines is 1. The summed E-state index contributed by atoms with van der Waals surface area (Å²) < 4.78 is 5.25. The molecule has 1 aliphatic heterocycles. The Kier molecular flexibility index (Phi) is 6.96. The molecule has 1 heterocycles. The SMILES string of the molecule is Br.COc1ccc([C@H]2C[C@@H]2CN2CCN(c3ccc(Cl)cc3Cl)CC2)cc1. The number of hydrogen-bond acceptors (Lipinski definition) is 3. The first-order valence-corrected chi connectivity index (χ1v) is 9.96. The fraction of sp³-hybridized carbons (Fsp3) is 0.429. The predicted octanol–water partition coefficient (Wildman–Crippen LogP) is 5.51. The number of ether oxygens (including phenoxy) is 1. The highest BCUT2D eigenvalue weighted by Gasteiger charge is 2.39. The highest BCUT2D eigenvalue weighted by Crippen LogP contribution is 2.48. The van der Waals surface area contributed by atoms with Gasteiger partial charge in [0.1, 0.15) is 5.75 Å². The third-order valence-corrected chi connectivity index (χ3v) is 6.12. The molecule has 1 aliphatic carbocycles. The van der Waals surface area contributed by atoms with Crippen LogP contribution in [0.2, 0.25) is 10.0 Å². The van der Waals surface area contributed by atoms with Crippen molar-refractivity contribution in [1.29, 1.82) is 0 Å². The van der Waals surface area contributed by atoms with E-state index < -0.39 is 0 Å². The van der Waals surface area contributed by atoms with Crippen LogP contribution in [0.4, 0.5) is 5.69 Å². The van der Waals surface area contributed by atoms with E-state index in [1.807, 2.05) is 18.2 Å². The lowest BCUT2D eigenvalue weighted by molar-refractivity contribution is 0.246. The smallest absolute Gasteiger partial charge is 0.118 e. The summed E-state index contributed by atoms with van der Waals surface area (Å²) in [5.74, 6) is 2.43. The molecule has 0 N–H and O–H groups in total. The van der Waals surface area contributed by atoms with Crippen LogP contribution in [0.25, 0.3) is 0 Å². The van der Waals surface area contributed by atoms with Crippen molar-refractivity contribution in [3.05, 3.63) is 58.1 Å². The van der Waals surface area contributed by atoms with Crippen LogP contribution in [0, 0.1) is 5.92 Å². The Labute approximate surface area is 182 Å². The van der Waals surface area contributed by atoms with Gasteiger partial charge in [0.2, 0.25) is 0 Å². The lowest BCUT2D eigenvalue weighted by atomic mass is 10.1. The standard InChI is InChI=1S/C21H24Cl2N2O.BrH/c1-26-18-5-2-15(3-6-18)19-12-16(19)14-24-8-10-25(11-9-24)21-7-4-17(22)13-20(21)23;/h2-7,13,16,19H,8-12,14H2,1H3;1H/t16-,19-;/m1./s1. The molecule has 4 rings (SSSR count). The van der Waals surface area contributed by atoms with Crippen molar-refractivity contribution in [1.82, 2.24) is 4.90 Å². The zero-order valence-electron chi connectivity index (χ0n) is 15.4. The Morgan fingerprint density at radius 1 is 1.00 bits per heavy atom. The molecule has 2 aromatic rings. The maximum atomic E-state index is 6.35. The second kappa shape index (κ2) is 9.04. The van der Waals surface area contributed by atoms with Crippen LogP contribution < -0.4 is 9.64 Å². The van der Waals surface area contributed by atoms with Crippen LogP contribution in [0.1, 0.15) is 17.9 Å². The van der Waals surface area contributed by atoms with Crippen molar-refractivity contribution in [2.45, 2.75) is 12.3 Å². The van der Waals surface area contributed by atoms with Gasteiger partial charge in [-0.25, -0.2) is 0 Å². The van der Waals surface area contributed by atoms with Gasteiger partial charge in [-0.3, -0.25) is 4.90 Å². The number of hydrogen-bond donors (Lipinski definition) is 0. The van der Waals surface area contributed by atoms with Gasteiger partial charge in [0.15, 0.2) is 0 Å². The normalized spacial score (nSPS) is 22.3. The van der Waals surface area contributed by atoms with Crippen molar-refractivity contribution < 1.29 is 4.74 Å². The Balaban J connectivity index is 0.00000210. The summed E-state index contributed by atoms with van der Waals surface area (Å²) in [7, 11) is 1.71. The second-order valence-corrected chi connectivity index (χ2v) is 8.10. The van der Waals surface area contributed by atoms with E-state index in [1.165, 1.54) is 18.5 Å². The van der Waals surface area contributed by atoms with Crippen LogP contribution in [0.5, 0.6) is 5.75 Å². The van der Waals surface area contributed by atoms with Gasteiger partial charge in [0.05, 0.1) is 17.8 Å². The van der Waals surface area contributed by atoms with Crippen LogP contribution in [0.15, 0.2) is 42.5 Å². The molecule has 0 spiro atoms. The maximum Gasteiger partial charge on any atom is 0.118 e. The highest BCUT2D eigenvalue weighted by atomic mass is 79.9. The van der Waals surface area contributed by atoms with E-state index in [0.29, 0.717) is 10.9 Å². The van der Waals surface area contributed by atoms with Crippen LogP contribution >= 0.6 is 40.2 Å². The van der Waals surface area contributed by atoms with Gasteiger partial charge >= 0.3 is 0 Å². The topological polar surface area (TPSA) is 15.7 Å². The molecule has 0 amide bonds. The fourth-order valence-electron chi connectivity index (χ4n) is 3.95. The predicted molar refractivity (Wildman–Crippen MR) is 119 cm³/mol. The minimum absolute atomic E-state index is 0. The molecule has 2 fully saturated rings. The zero-order valence-corrected chi connectivity index (χ0v) is 18.6. The number of nitrogens with zero attached hydrogens (tertiary/aromatic N) is 2. The Morgan fingerprint density at radius 3 is 2.33 bits per heavy atom. The Bertz CT molecular complexity index is 763. The number of methoxy groups -OCH3 is 1. The summed E-state index contributed by atoms with van der Waals surface area (Å²) in [5, 5.41) is 1.43. The number of halogens is 3. The number of rotatable bonds is 5. The molecule has 3 nitrogen and oxygen atoms in total. The van der Waals surface area contributed by atoms with Crippen molar-refractivity contribution in [2.75, 3.05) is 44.7 Å². The molecular formula is C21H25BrCl2N2O. The molecule has 146 valence electrons. The molecule has 1 saturated heterocycles. The molecule has 0 bridgehead atoms. The highest BCUT2D eigenvalue weighted by molar-refractivity contribution is 8.93. The summed E-state index contributed by atoms with van der Waals surface area (Å²) in [6.07, 6.45) is 1.30. The lowest BCUT2D eigenvalue weighted by Gasteiger charge is -2.36. The van der Waals surface area contributed by atoms with Crippen molar-refractivity contribution in [3.8, 4) is 5.75 Å². The van der Waals surface area contributed by atoms with Crippen LogP contribution in [-0.2, 0) is 0 Å². The van der Waals surface area contributed by atoms with Gasteiger partial charge in [0, 0.05) is 37.7 Å². The first-order valence-electron chi connectivity index (χ1n) is 9.20. The number of benzene rings is 2. The molecule has 0 unspecified atom stereocenters. The van der Waals surface area contributed by atoms with Crippen LogP contribution in [-0.4, -0.2) is 44.7 Å². The minimum atomic E-state index is 0. The summed E-state index contributed by atoms with van der Waals surface area (Å²) >= 11 is 12.4. The monoisotopic (exact) mass is 470 g/mol. The molecule has 2 atom stereocenters. The molecule has 2 aliphatic rings. The van der Waals surface area contributed by atoms with Crippen molar-refractivity contribution in [2.24, 2.45) is 5.92 Å². The van der Waals surface area contributed by atoms with Gasteiger partial charge in [-0.15, -0.1) is 17.0 Å². The molecule has 2 aromatic carbocycles. The first kappa shape index (κ1) is 20.8. The van der Waals surface area contributed by atoms with E-state index in [0.717, 1.165) is 48.6 Å². The molecule has 27 heavy (non-hydrogen) atoms. The number of piperazine rings is 1. The summed E-state index contributed by atoms with van der Waals surface area (Å²) in [5.41, 5.74) is 2.54. The third-order valence-electron chi connectivity index (χ3n) is 5.58. The molecule has 1 saturated carbocycles. The van der Waals surface area contributed by atoms with E-state index >= 15 is 0 Å². The summed E-state index contributed by atoms with van der Waals surface area (Å²) in [6, 6.07) is 14.3. The average Bonchev–Trinajstić information content (AvgIpc) is 3.42. The maximum absolute atomic E-state index is 6.35. The molecule has 0 aromatic heterocycles. The molecule has 6 heteroatoms. The van der Waals surface area contributed by atoms with E-state index in [-0.39, 0.29) is 17.0 Å². The van der Waals surface area contributed by atoms with Gasteiger partial charge in [-0.05, 0) is 54.2 Å². The van der Waals surface area contributed by atoms with Gasteiger partial charge in [-0.1, -0.05) is 35.3 Å². The largest absolute Gasteiger partial charge is 0.497 e. The second-order valence-electron chi connectivity index (χ2n) is 7.26.